The van der Waals surface area contributed by atoms with E-state index in [0.717, 1.165) is 18.0 Å². The van der Waals surface area contributed by atoms with Crippen LogP contribution >= 0.6 is 0 Å². The van der Waals surface area contributed by atoms with Crippen LogP contribution in [0.2, 0.25) is 0 Å². The predicted molar refractivity (Wildman–Crippen MR) is 55.3 cm³/mol. The number of aryl methyl sites for hydroxylation is 1. The number of nitrogen functional groups attached to an aromatic ring is 1. The van der Waals surface area contributed by atoms with Crippen molar-refractivity contribution in [1.29, 1.82) is 0 Å². The normalized spacial score (nSPS) is 20.2. The van der Waals surface area contributed by atoms with Gasteiger partial charge in [-0.25, -0.2) is 0 Å². The maximum atomic E-state index is 5.72. The Balaban J connectivity index is 1.91. The van der Waals surface area contributed by atoms with E-state index in [1.807, 2.05) is 13.0 Å². The van der Waals surface area contributed by atoms with Gasteiger partial charge in [0.05, 0.1) is 17.6 Å². The van der Waals surface area contributed by atoms with Crippen LogP contribution in [0.25, 0.3) is 0 Å². The number of nitrogens with two attached hydrogens (primary N) is 1. The standard InChI is InChI=1S/C10H15N3O/c1-7-10(11)4-9(5-13-7)14-6-8-2-3-12-8/h4-5,8,12H,2-3,6,11H2,1H3. The van der Waals surface area contributed by atoms with Crippen LogP contribution in [-0.2, 0) is 0 Å². The molecule has 76 valence electrons. The fourth-order valence-corrected chi connectivity index (χ4v) is 1.30. The third kappa shape index (κ3) is 1.96. The molecule has 1 atom stereocenters. The maximum Gasteiger partial charge on any atom is 0.139 e. The Hall–Kier alpha value is -1.29. The van der Waals surface area contributed by atoms with E-state index >= 15 is 0 Å². The van der Waals surface area contributed by atoms with Gasteiger partial charge in [0, 0.05) is 12.1 Å². The van der Waals surface area contributed by atoms with Crippen LogP contribution in [0.15, 0.2) is 12.3 Å². The zero-order chi connectivity index (χ0) is 9.97. The molecule has 0 amide bonds. The van der Waals surface area contributed by atoms with Crippen molar-refractivity contribution in [3.05, 3.63) is 18.0 Å². The summed E-state index contributed by atoms with van der Waals surface area (Å²) in [6, 6.07) is 2.32. The summed E-state index contributed by atoms with van der Waals surface area (Å²) < 4.78 is 5.54. The van der Waals surface area contributed by atoms with E-state index in [2.05, 4.69) is 10.3 Å². The number of anilines is 1. The number of rotatable bonds is 3. The highest BCUT2D eigenvalue weighted by Gasteiger charge is 2.16. The molecule has 1 fully saturated rings. The van der Waals surface area contributed by atoms with Gasteiger partial charge in [-0.05, 0) is 19.9 Å². The second-order valence-corrected chi connectivity index (χ2v) is 3.60. The van der Waals surface area contributed by atoms with E-state index in [9.17, 15) is 0 Å². The molecule has 1 aliphatic heterocycles. The quantitative estimate of drug-likeness (QED) is 0.742. The third-order valence-corrected chi connectivity index (χ3v) is 2.48. The molecule has 0 radical (unpaired) electrons. The molecule has 14 heavy (non-hydrogen) atoms. The Morgan fingerprint density at radius 2 is 2.50 bits per heavy atom. The molecule has 1 saturated heterocycles. The molecule has 3 N–H and O–H groups in total. The summed E-state index contributed by atoms with van der Waals surface area (Å²) in [6.07, 6.45) is 2.90. The maximum absolute atomic E-state index is 5.72. The van der Waals surface area contributed by atoms with Gasteiger partial charge in [0.25, 0.3) is 0 Å². The third-order valence-electron chi connectivity index (χ3n) is 2.48. The van der Waals surface area contributed by atoms with Crippen LogP contribution in [-0.4, -0.2) is 24.2 Å². The topological polar surface area (TPSA) is 60.2 Å². The van der Waals surface area contributed by atoms with Crippen molar-refractivity contribution in [1.82, 2.24) is 10.3 Å². The first kappa shape index (κ1) is 9.27. The fourth-order valence-electron chi connectivity index (χ4n) is 1.30. The minimum Gasteiger partial charge on any atom is -0.490 e. The molecular weight excluding hydrogens is 178 g/mol. The van der Waals surface area contributed by atoms with Gasteiger partial charge < -0.3 is 15.8 Å². The SMILES string of the molecule is Cc1ncc(OCC2CCN2)cc1N. The second kappa shape index (κ2) is 3.84. The number of nitrogens with zero attached hydrogens (tertiary/aromatic N) is 1. The molecular formula is C10H15N3O. The van der Waals surface area contributed by atoms with Crippen molar-refractivity contribution in [2.24, 2.45) is 0 Å². The first-order valence-corrected chi connectivity index (χ1v) is 4.84. The first-order chi connectivity index (χ1) is 6.75. The molecule has 0 saturated carbocycles. The van der Waals surface area contributed by atoms with Crippen LogP contribution in [0.4, 0.5) is 5.69 Å². The molecule has 0 aliphatic carbocycles. The van der Waals surface area contributed by atoms with Crippen molar-refractivity contribution in [3.8, 4) is 5.75 Å². The zero-order valence-corrected chi connectivity index (χ0v) is 8.29. The molecule has 2 heterocycles. The Labute approximate surface area is 83.5 Å². The predicted octanol–water partition coefficient (Wildman–Crippen LogP) is 0.713. The summed E-state index contributed by atoms with van der Waals surface area (Å²) in [4.78, 5) is 4.13. The summed E-state index contributed by atoms with van der Waals surface area (Å²) in [7, 11) is 0. The van der Waals surface area contributed by atoms with Crippen LogP contribution in [0.3, 0.4) is 0 Å². The lowest BCUT2D eigenvalue weighted by Gasteiger charge is -2.27. The van der Waals surface area contributed by atoms with Crippen LogP contribution in [0.5, 0.6) is 5.75 Å². The number of nitrogens with one attached hydrogen (secondary N) is 1. The Morgan fingerprint density at radius 1 is 1.71 bits per heavy atom. The zero-order valence-electron chi connectivity index (χ0n) is 8.29. The van der Waals surface area contributed by atoms with Gasteiger partial charge >= 0.3 is 0 Å². The highest BCUT2D eigenvalue weighted by Crippen LogP contribution is 2.17. The van der Waals surface area contributed by atoms with Gasteiger partial charge in [-0.15, -0.1) is 0 Å². The van der Waals surface area contributed by atoms with E-state index in [0.29, 0.717) is 18.3 Å². The monoisotopic (exact) mass is 193 g/mol. The van der Waals surface area contributed by atoms with Crippen molar-refractivity contribution in [3.63, 3.8) is 0 Å². The van der Waals surface area contributed by atoms with Crippen molar-refractivity contribution in [2.75, 3.05) is 18.9 Å². The number of hydrogen-bond acceptors (Lipinski definition) is 4. The molecule has 1 aromatic rings. The summed E-state index contributed by atoms with van der Waals surface area (Å²) in [5, 5.41) is 3.27. The lowest BCUT2D eigenvalue weighted by Crippen LogP contribution is -2.46. The van der Waals surface area contributed by atoms with E-state index < -0.39 is 0 Å². The van der Waals surface area contributed by atoms with Gasteiger partial charge in [-0.3, -0.25) is 4.98 Å². The van der Waals surface area contributed by atoms with Crippen molar-refractivity contribution >= 4 is 5.69 Å². The number of hydrogen-bond donors (Lipinski definition) is 2. The van der Waals surface area contributed by atoms with Gasteiger partial charge in [0.2, 0.25) is 0 Å². The van der Waals surface area contributed by atoms with Gasteiger partial charge in [-0.2, -0.15) is 0 Å². The summed E-state index contributed by atoms with van der Waals surface area (Å²) in [5.74, 6) is 0.752. The molecule has 0 bridgehead atoms. The van der Waals surface area contributed by atoms with E-state index in [-0.39, 0.29) is 0 Å². The molecule has 2 rings (SSSR count). The first-order valence-electron chi connectivity index (χ1n) is 4.84. The van der Waals surface area contributed by atoms with Crippen LogP contribution in [0, 0.1) is 6.92 Å². The lowest BCUT2D eigenvalue weighted by atomic mass is 10.1. The summed E-state index contributed by atoms with van der Waals surface area (Å²) >= 11 is 0. The number of pyridine rings is 1. The average Bonchev–Trinajstić information content (AvgIpc) is 2.08. The molecule has 0 spiro atoms. The smallest absolute Gasteiger partial charge is 0.139 e. The Morgan fingerprint density at radius 3 is 3.07 bits per heavy atom. The minimum atomic E-state index is 0.498. The molecule has 4 nitrogen and oxygen atoms in total. The Bertz CT molecular complexity index is 323. The lowest BCUT2D eigenvalue weighted by molar-refractivity contribution is 0.217. The summed E-state index contributed by atoms with van der Waals surface area (Å²) in [5.41, 5.74) is 7.25. The highest BCUT2D eigenvalue weighted by molar-refractivity contribution is 5.46. The molecule has 4 heteroatoms. The van der Waals surface area contributed by atoms with Crippen LogP contribution in [0.1, 0.15) is 12.1 Å². The molecule has 1 aromatic heterocycles. The van der Waals surface area contributed by atoms with E-state index in [1.165, 1.54) is 6.42 Å². The van der Waals surface area contributed by atoms with Crippen molar-refractivity contribution < 1.29 is 4.74 Å². The van der Waals surface area contributed by atoms with Gasteiger partial charge in [-0.1, -0.05) is 0 Å². The Kier molecular flexibility index (Phi) is 2.54. The second-order valence-electron chi connectivity index (χ2n) is 3.60. The minimum absolute atomic E-state index is 0.498. The average molecular weight is 193 g/mol. The highest BCUT2D eigenvalue weighted by atomic mass is 16.5. The van der Waals surface area contributed by atoms with Gasteiger partial charge in [0.15, 0.2) is 0 Å². The van der Waals surface area contributed by atoms with E-state index in [4.69, 9.17) is 10.5 Å². The van der Waals surface area contributed by atoms with E-state index in [1.54, 1.807) is 6.20 Å². The summed E-state index contributed by atoms with van der Waals surface area (Å²) in [6.45, 7) is 3.68. The molecule has 0 aromatic carbocycles. The largest absolute Gasteiger partial charge is 0.490 e. The number of ether oxygens (including phenoxy) is 1. The fraction of sp³-hybridized carbons (Fsp3) is 0.500. The van der Waals surface area contributed by atoms with Crippen LogP contribution < -0.4 is 15.8 Å². The van der Waals surface area contributed by atoms with Gasteiger partial charge in [0.1, 0.15) is 12.4 Å². The molecule has 1 unspecified atom stereocenters. The number of aromatic nitrogens is 1. The van der Waals surface area contributed by atoms with Crippen molar-refractivity contribution in [2.45, 2.75) is 19.4 Å². The molecule has 1 aliphatic rings.